The maximum atomic E-state index is 12.7. The van der Waals surface area contributed by atoms with Crippen molar-refractivity contribution in [1.82, 2.24) is 10.2 Å². The molecule has 5 nitrogen and oxygen atoms in total. The van der Waals surface area contributed by atoms with Gasteiger partial charge in [0.2, 0.25) is 11.8 Å². The van der Waals surface area contributed by atoms with Crippen molar-refractivity contribution >= 4 is 23.4 Å². The number of hydrogen-bond acceptors (Lipinski definition) is 5. The molecule has 1 amide bonds. The highest BCUT2D eigenvalue weighted by Gasteiger charge is 2.21. The van der Waals surface area contributed by atoms with Crippen molar-refractivity contribution < 1.29 is 9.21 Å². The molecule has 27 heavy (non-hydrogen) atoms. The van der Waals surface area contributed by atoms with Crippen LogP contribution in [0.3, 0.4) is 0 Å². The van der Waals surface area contributed by atoms with E-state index in [0.29, 0.717) is 17.0 Å². The van der Waals surface area contributed by atoms with Crippen LogP contribution < -0.4 is 5.32 Å². The summed E-state index contributed by atoms with van der Waals surface area (Å²) in [7, 11) is 0. The van der Waals surface area contributed by atoms with Crippen LogP contribution in [0.4, 0.5) is 5.69 Å². The molecule has 0 saturated heterocycles. The second-order valence-corrected chi connectivity index (χ2v) is 7.97. The number of thioether (sulfide) groups is 1. The molecule has 0 saturated carbocycles. The molecule has 0 unspecified atom stereocenters. The average Bonchev–Trinajstić information content (AvgIpc) is 3.12. The first kappa shape index (κ1) is 19.2. The van der Waals surface area contributed by atoms with Crippen LogP contribution in [0, 0.1) is 6.92 Å². The van der Waals surface area contributed by atoms with Gasteiger partial charge in [-0.25, -0.2) is 0 Å². The van der Waals surface area contributed by atoms with E-state index in [4.69, 9.17) is 4.42 Å². The molecule has 0 aliphatic rings. The Labute approximate surface area is 163 Å². The van der Waals surface area contributed by atoms with E-state index in [-0.39, 0.29) is 11.2 Å². The average molecular weight is 382 g/mol. The van der Waals surface area contributed by atoms with E-state index in [1.165, 1.54) is 11.8 Å². The van der Waals surface area contributed by atoms with Crippen molar-refractivity contribution in [2.24, 2.45) is 0 Å². The van der Waals surface area contributed by atoms with Crippen LogP contribution in [0.25, 0.3) is 11.5 Å². The van der Waals surface area contributed by atoms with E-state index in [2.05, 4.69) is 35.4 Å². The van der Waals surface area contributed by atoms with E-state index in [0.717, 1.165) is 22.4 Å². The maximum absolute atomic E-state index is 12.7. The predicted octanol–water partition coefficient (Wildman–Crippen LogP) is 5.29. The summed E-state index contributed by atoms with van der Waals surface area (Å²) in [6.45, 7) is 8.07. The smallest absolute Gasteiger partial charge is 0.277 e. The summed E-state index contributed by atoms with van der Waals surface area (Å²) in [5.74, 6) is 0.690. The third-order valence-corrected chi connectivity index (χ3v) is 5.18. The molecule has 3 rings (SSSR count). The highest BCUT2D eigenvalue weighted by molar-refractivity contribution is 8.00. The Hall–Kier alpha value is -2.60. The Kier molecular flexibility index (Phi) is 5.96. The lowest BCUT2D eigenvalue weighted by Gasteiger charge is -2.18. The van der Waals surface area contributed by atoms with Gasteiger partial charge in [-0.05, 0) is 43.0 Å². The number of para-hydroxylation sites is 1. The lowest BCUT2D eigenvalue weighted by atomic mass is 9.98. The summed E-state index contributed by atoms with van der Waals surface area (Å²) in [6, 6.07) is 15.6. The topological polar surface area (TPSA) is 68.0 Å². The molecule has 3 aromatic rings. The molecule has 0 fully saturated rings. The molecule has 0 radical (unpaired) electrons. The number of benzene rings is 2. The van der Waals surface area contributed by atoms with E-state index < -0.39 is 0 Å². The zero-order chi connectivity index (χ0) is 19.4. The van der Waals surface area contributed by atoms with Gasteiger partial charge in [-0.1, -0.05) is 62.0 Å². The number of anilines is 1. The normalized spacial score (nSPS) is 12.2. The van der Waals surface area contributed by atoms with E-state index in [1.807, 2.05) is 56.3 Å². The molecule has 1 aromatic heterocycles. The molecular weight excluding hydrogens is 358 g/mol. The molecule has 1 atom stereocenters. The SMILES string of the molecule is Cc1cccc(C(C)C)c1NC(=O)[C@H](C)Sc1nnc(-c2ccccc2)o1. The number of nitrogens with zero attached hydrogens (tertiary/aromatic N) is 2. The number of nitrogens with one attached hydrogen (secondary N) is 1. The third-order valence-electron chi connectivity index (χ3n) is 4.25. The summed E-state index contributed by atoms with van der Waals surface area (Å²) < 4.78 is 5.69. The minimum Gasteiger partial charge on any atom is -0.411 e. The highest BCUT2D eigenvalue weighted by atomic mass is 32.2. The van der Waals surface area contributed by atoms with Gasteiger partial charge < -0.3 is 9.73 Å². The zero-order valence-electron chi connectivity index (χ0n) is 15.9. The minimum absolute atomic E-state index is 0.0874. The van der Waals surface area contributed by atoms with Gasteiger partial charge in [0.05, 0.1) is 5.25 Å². The van der Waals surface area contributed by atoms with Gasteiger partial charge in [0.25, 0.3) is 5.22 Å². The first-order valence-corrected chi connectivity index (χ1v) is 9.79. The van der Waals surface area contributed by atoms with E-state index in [1.54, 1.807) is 0 Å². The number of carbonyl (C=O) groups excluding carboxylic acids is 1. The number of aryl methyl sites for hydroxylation is 1. The van der Waals surface area contributed by atoms with E-state index in [9.17, 15) is 4.79 Å². The maximum Gasteiger partial charge on any atom is 0.277 e. The predicted molar refractivity (Wildman–Crippen MR) is 109 cm³/mol. The van der Waals surface area contributed by atoms with Crippen molar-refractivity contribution in [3.05, 3.63) is 59.7 Å². The quantitative estimate of drug-likeness (QED) is 0.588. The van der Waals surface area contributed by atoms with Gasteiger partial charge in [-0.2, -0.15) is 0 Å². The van der Waals surface area contributed by atoms with E-state index >= 15 is 0 Å². The number of amides is 1. The Morgan fingerprint density at radius 2 is 1.78 bits per heavy atom. The van der Waals surface area contributed by atoms with Gasteiger partial charge in [-0.15, -0.1) is 10.2 Å². The van der Waals surface area contributed by atoms with Gasteiger partial charge >= 0.3 is 0 Å². The van der Waals surface area contributed by atoms with Crippen LogP contribution >= 0.6 is 11.8 Å². The largest absolute Gasteiger partial charge is 0.411 e. The summed E-state index contributed by atoms with van der Waals surface area (Å²) in [4.78, 5) is 12.7. The van der Waals surface area contributed by atoms with Crippen molar-refractivity contribution in [1.29, 1.82) is 0 Å². The number of aromatic nitrogens is 2. The molecule has 1 heterocycles. The molecule has 6 heteroatoms. The summed E-state index contributed by atoms with van der Waals surface area (Å²) in [6.07, 6.45) is 0. The lowest BCUT2D eigenvalue weighted by Crippen LogP contribution is -2.23. The van der Waals surface area contributed by atoms with Crippen molar-refractivity contribution in [3.8, 4) is 11.5 Å². The summed E-state index contributed by atoms with van der Waals surface area (Å²) >= 11 is 1.25. The van der Waals surface area contributed by atoms with Crippen LogP contribution in [-0.2, 0) is 4.79 Å². The van der Waals surface area contributed by atoms with Crippen LogP contribution in [0.2, 0.25) is 0 Å². The fourth-order valence-corrected chi connectivity index (χ4v) is 3.41. The minimum atomic E-state index is -0.367. The van der Waals surface area contributed by atoms with Crippen molar-refractivity contribution in [2.75, 3.05) is 5.32 Å². The molecule has 0 bridgehead atoms. The van der Waals surface area contributed by atoms with Crippen LogP contribution in [-0.4, -0.2) is 21.4 Å². The van der Waals surface area contributed by atoms with Gasteiger partial charge in [0, 0.05) is 11.3 Å². The van der Waals surface area contributed by atoms with Crippen LogP contribution in [0.5, 0.6) is 0 Å². The fraction of sp³-hybridized carbons (Fsp3) is 0.286. The first-order valence-electron chi connectivity index (χ1n) is 8.91. The molecule has 2 aromatic carbocycles. The van der Waals surface area contributed by atoms with Crippen LogP contribution in [0.1, 0.15) is 37.8 Å². The monoisotopic (exact) mass is 381 g/mol. The molecule has 0 spiro atoms. The second-order valence-electron chi connectivity index (χ2n) is 6.68. The zero-order valence-corrected chi connectivity index (χ0v) is 16.7. The number of rotatable bonds is 6. The first-order chi connectivity index (χ1) is 13.0. The Balaban J connectivity index is 1.70. The highest BCUT2D eigenvalue weighted by Crippen LogP contribution is 2.30. The lowest BCUT2D eigenvalue weighted by molar-refractivity contribution is -0.115. The van der Waals surface area contributed by atoms with Gasteiger partial charge in [0.1, 0.15) is 0 Å². The molecule has 1 N–H and O–H groups in total. The van der Waals surface area contributed by atoms with Crippen LogP contribution in [0.15, 0.2) is 58.2 Å². The molecular formula is C21H23N3O2S. The summed E-state index contributed by atoms with van der Waals surface area (Å²) in [5, 5.41) is 11.2. The molecule has 0 aliphatic heterocycles. The molecule has 140 valence electrons. The van der Waals surface area contributed by atoms with Crippen molar-refractivity contribution in [2.45, 2.75) is 44.1 Å². The van der Waals surface area contributed by atoms with Gasteiger partial charge in [-0.3, -0.25) is 4.79 Å². The number of hydrogen-bond donors (Lipinski definition) is 1. The standard InChI is InChI=1S/C21H23N3O2S/c1-13(2)17-12-8-9-14(3)18(17)22-19(25)15(4)27-21-24-23-20(26-21)16-10-6-5-7-11-16/h5-13,15H,1-4H3,(H,22,25)/t15-/m0/s1. The summed E-state index contributed by atoms with van der Waals surface area (Å²) in [5.41, 5.74) is 3.93. The Morgan fingerprint density at radius 1 is 1.04 bits per heavy atom. The van der Waals surface area contributed by atoms with Gasteiger partial charge in [0.15, 0.2) is 0 Å². The third kappa shape index (κ3) is 4.57. The second kappa shape index (κ2) is 8.39. The molecule has 0 aliphatic carbocycles. The Morgan fingerprint density at radius 3 is 2.48 bits per heavy atom. The Bertz CT molecular complexity index is 922. The fourth-order valence-electron chi connectivity index (χ4n) is 2.73. The number of carbonyl (C=O) groups is 1. The van der Waals surface area contributed by atoms with Crippen molar-refractivity contribution in [3.63, 3.8) is 0 Å².